The van der Waals surface area contributed by atoms with Crippen LogP contribution in [0.25, 0.3) is 0 Å². The number of sulfonamides is 1. The summed E-state index contributed by atoms with van der Waals surface area (Å²) in [4.78, 5) is 14.7. The summed E-state index contributed by atoms with van der Waals surface area (Å²) in [5.41, 5.74) is 0.672. The van der Waals surface area contributed by atoms with Crippen LogP contribution in [0, 0.1) is 5.82 Å². The molecule has 1 saturated heterocycles. The van der Waals surface area contributed by atoms with Crippen LogP contribution >= 0.6 is 0 Å². The Kier molecular flexibility index (Phi) is 7.22. The first-order chi connectivity index (χ1) is 13.9. The normalized spacial score (nSPS) is 15.1. The van der Waals surface area contributed by atoms with Gasteiger partial charge in [0.2, 0.25) is 0 Å². The quantitative estimate of drug-likeness (QED) is 0.644. The number of rotatable bonds is 8. The van der Waals surface area contributed by atoms with E-state index in [9.17, 15) is 17.6 Å². The monoisotopic (exact) mass is 419 g/mol. The summed E-state index contributed by atoms with van der Waals surface area (Å²) in [6, 6.07) is 10.8. The summed E-state index contributed by atoms with van der Waals surface area (Å²) in [6.07, 6.45) is 4.69. The van der Waals surface area contributed by atoms with Crippen LogP contribution in [0.15, 0.2) is 53.4 Å². The lowest BCUT2D eigenvalue weighted by atomic mass is 10.1. The maximum atomic E-state index is 13.0. The number of carbonyl (C=O) groups excluding carboxylic acids is 1. The first-order valence-corrected chi connectivity index (χ1v) is 11.3. The maximum absolute atomic E-state index is 13.0. The smallest absolute Gasteiger partial charge is 0.261 e. The lowest BCUT2D eigenvalue weighted by Gasteiger charge is -2.26. The van der Waals surface area contributed by atoms with Gasteiger partial charge in [0.25, 0.3) is 15.9 Å². The molecule has 8 heteroatoms. The number of amides is 1. The van der Waals surface area contributed by atoms with Crippen molar-refractivity contribution in [2.75, 3.05) is 30.9 Å². The highest BCUT2D eigenvalue weighted by atomic mass is 32.2. The van der Waals surface area contributed by atoms with E-state index in [2.05, 4.69) is 14.9 Å². The van der Waals surface area contributed by atoms with Gasteiger partial charge in [0.15, 0.2) is 0 Å². The first kappa shape index (κ1) is 21.3. The summed E-state index contributed by atoms with van der Waals surface area (Å²) < 4.78 is 40.2. The van der Waals surface area contributed by atoms with Gasteiger partial charge >= 0.3 is 0 Å². The number of piperidine rings is 1. The van der Waals surface area contributed by atoms with Gasteiger partial charge in [0.05, 0.1) is 4.90 Å². The molecule has 2 aromatic carbocycles. The van der Waals surface area contributed by atoms with E-state index >= 15 is 0 Å². The molecule has 156 valence electrons. The average molecular weight is 420 g/mol. The van der Waals surface area contributed by atoms with Crippen LogP contribution in [0.3, 0.4) is 0 Å². The van der Waals surface area contributed by atoms with Crippen LogP contribution in [0.2, 0.25) is 0 Å². The van der Waals surface area contributed by atoms with Crippen LogP contribution in [0.4, 0.5) is 10.1 Å². The van der Waals surface area contributed by atoms with E-state index in [1.165, 1.54) is 67.8 Å². The number of nitrogens with one attached hydrogen (secondary N) is 2. The molecule has 0 aliphatic carbocycles. The zero-order valence-electron chi connectivity index (χ0n) is 16.2. The molecule has 2 N–H and O–H groups in total. The molecule has 0 spiro atoms. The van der Waals surface area contributed by atoms with Crippen LogP contribution in [-0.2, 0) is 10.0 Å². The van der Waals surface area contributed by atoms with Gasteiger partial charge in [-0.25, -0.2) is 12.8 Å². The number of hydrogen-bond acceptors (Lipinski definition) is 4. The Hall–Kier alpha value is -2.45. The van der Waals surface area contributed by atoms with E-state index in [1.54, 1.807) is 0 Å². The number of halogens is 1. The van der Waals surface area contributed by atoms with Crippen molar-refractivity contribution in [3.8, 4) is 0 Å². The second-order valence-electron chi connectivity index (χ2n) is 7.15. The Balaban J connectivity index is 1.50. The second-order valence-corrected chi connectivity index (χ2v) is 8.83. The molecule has 0 unspecified atom stereocenters. The van der Waals surface area contributed by atoms with Gasteiger partial charge in [-0.3, -0.25) is 9.52 Å². The van der Waals surface area contributed by atoms with Crippen LogP contribution in [0.1, 0.15) is 36.0 Å². The summed E-state index contributed by atoms with van der Waals surface area (Å²) in [7, 11) is -3.81. The zero-order valence-corrected chi connectivity index (χ0v) is 17.1. The molecule has 0 saturated carbocycles. The van der Waals surface area contributed by atoms with Crippen LogP contribution in [-0.4, -0.2) is 45.4 Å². The predicted molar refractivity (Wildman–Crippen MR) is 111 cm³/mol. The molecule has 29 heavy (non-hydrogen) atoms. The molecular formula is C21H26FN3O3S. The Bertz CT molecular complexity index is 909. The number of carbonyl (C=O) groups is 1. The molecule has 3 rings (SSSR count). The third-order valence-electron chi connectivity index (χ3n) is 4.91. The Morgan fingerprint density at radius 1 is 0.966 bits per heavy atom. The molecule has 1 heterocycles. The maximum Gasteiger partial charge on any atom is 0.261 e. The largest absolute Gasteiger partial charge is 0.352 e. The number of anilines is 1. The van der Waals surface area contributed by atoms with Gasteiger partial charge in [-0.2, -0.15) is 0 Å². The fraction of sp³-hybridized carbons (Fsp3) is 0.381. The molecule has 6 nitrogen and oxygen atoms in total. The summed E-state index contributed by atoms with van der Waals surface area (Å²) in [5.74, 6) is -0.668. The molecule has 1 aliphatic heterocycles. The van der Waals surface area contributed by atoms with Crippen molar-refractivity contribution >= 4 is 21.6 Å². The van der Waals surface area contributed by atoms with Crippen molar-refractivity contribution in [1.29, 1.82) is 0 Å². The fourth-order valence-corrected chi connectivity index (χ4v) is 4.37. The number of benzene rings is 2. The van der Waals surface area contributed by atoms with E-state index < -0.39 is 15.8 Å². The number of hydrogen-bond donors (Lipinski definition) is 2. The fourth-order valence-electron chi connectivity index (χ4n) is 3.31. The number of nitrogens with zero attached hydrogens (tertiary/aromatic N) is 1. The summed E-state index contributed by atoms with van der Waals surface area (Å²) in [5, 5.41) is 2.88. The van der Waals surface area contributed by atoms with E-state index in [1.807, 2.05) is 0 Å². The third-order valence-corrected chi connectivity index (χ3v) is 6.31. The molecule has 0 bridgehead atoms. The minimum Gasteiger partial charge on any atom is -0.352 e. The van der Waals surface area contributed by atoms with E-state index in [0.29, 0.717) is 12.1 Å². The third kappa shape index (κ3) is 6.27. The van der Waals surface area contributed by atoms with Gasteiger partial charge < -0.3 is 10.2 Å². The van der Waals surface area contributed by atoms with Crippen molar-refractivity contribution in [3.63, 3.8) is 0 Å². The Labute approximate surface area is 171 Å². The lowest BCUT2D eigenvalue weighted by molar-refractivity contribution is 0.0951. The lowest BCUT2D eigenvalue weighted by Crippen LogP contribution is -2.33. The van der Waals surface area contributed by atoms with Gasteiger partial charge in [0, 0.05) is 17.8 Å². The van der Waals surface area contributed by atoms with E-state index in [0.717, 1.165) is 26.1 Å². The van der Waals surface area contributed by atoms with E-state index in [4.69, 9.17) is 0 Å². The van der Waals surface area contributed by atoms with Crippen molar-refractivity contribution < 1.29 is 17.6 Å². The average Bonchev–Trinajstić information content (AvgIpc) is 2.73. The number of likely N-dealkylation sites (tertiary alicyclic amines) is 1. The molecular weight excluding hydrogens is 393 g/mol. The second kappa shape index (κ2) is 9.84. The van der Waals surface area contributed by atoms with Gasteiger partial charge in [-0.15, -0.1) is 0 Å². The highest BCUT2D eigenvalue weighted by molar-refractivity contribution is 7.92. The topological polar surface area (TPSA) is 78.5 Å². The highest BCUT2D eigenvalue weighted by Gasteiger charge is 2.15. The van der Waals surface area contributed by atoms with Gasteiger partial charge in [-0.1, -0.05) is 6.42 Å². The summed E-state index contributed by atoms with van der Waals surface area (Å²) >= 11 is 0. The molecule has 1 amide bonds. The Morgan fingerprint density at radius 2 is 1.62 bits per heavy atom. The van der Waals surface area contributed by atoms with Crippen LogP contribution < -0.4 is 10.0 Å². The van der Waals surface area contributed by atoms with Gasteiger partial charge in [-0.05, 0) is 87.4 Å². The standard InChI is InChI=1S/C21H26FN3O3S/c22-18-7-9-19(10-8-18)24-29(27,28)20-11-5-17(6-12-20)21(26)23-13-4-16-25-14-2-1-3-15-25/h5-12,24H,1-4,13-16H2,(H,23,26). The SMILES string of the molecule is O=C(NCCCN1CCCCC1)c1ccc(S(=O)(=O)Nc2ccc(F)cc2)cc1. The molecule has 0 aromatic heterocycles. The van der Waals surface area contributed by atoms with Crippen molar-refractivity contribution in [1.82, 2.24) is 10.2 Å². The zero-order chi connectivity index (χ0) is 20.7. The van der Waals surface area contributed by atoms with Crippen LogP contribution in [0.5, 0.6) is 0 Å². The molecule has 1 fully saturated rings. The van der Waals surface area contributed by atoms with Crippen molar-refractivity contribution in [2.45, 2.75) is 30.6 Å². The van der Waals surface area contributed by atoms with Crippen molar-refractivity contribution in [3.05, 3.63) is 59.9 Å². The minimum atomic E-state index is -3.81. The highest BCUT2D eigenvalue weighted by Crippen LogP contribution is 2.17. The van der Waals surface area contributed by atoms with Crippen molar-refractivity contribution in [2.24, 2.45) is 0 Å². The summed E-state index contributed by atoms with van der Waals surface area (Å²) in [6.45, 7) is 3.83. The molecule has 0 radical (unpaired) electrons. The molecule has 1 aliphatic rings. The first-order valence-electron chi connectivity index (χ1n) is 9.83. The van der Waals surface area contributed by atoms with Gasteiger partial charge in [0.1, 0.15) is 5.82 Å². The molecule has 0 atom stereocenters. The predicted octanol–water partition coefficient (Wildman–Crippen LogP) is 3.23. The minimum absolute atomic E-state index is 0.0310. The van der Waals surface area contributed by atoms with E-state index in [-0.39, 0.29) is 16.5 Å². The Morgan fingerprint density at radius 3 is 2.28 bits per heavy atom. The molecule has 2 aromatic rings.